The maximum atomic E-state index is 12.4. The Kier molecular flexibility index (Phi) is 5.68. The summed E-state index contributed by atoms with van der Waals surface area (Å²) in [6.07, 6.45) is 3.17. The van der Waals surface area contributed by atoms with Crippen LogP contribution in [0.4, 0.5) is 5.69 Å². The highest BCUT2D eigenvalue weighted by Crippen LogP contribution is 2.29. The normalized spacial score (nSPS) is 11.0. The van der Waals surface area contributed by atoms with Gasteiger partial charge in [0, 0.05) is 33.0 Å². The zero-order chi connectivity index (χ0) is 17.8. The number of hydrogen-bond acceptors (Lipinski definition) is 4. The smallest absolute Gasteiger partial charge is 0.199 e. The molecule has 0 bridgehead atoms. The van der Waals surface area contributed by atoms with Crippen molar-refractivity contribution in [2.45, 2.75) is 6.92 Å². The molecule has 1 heterocycles. The van der Waals surface area contributed by atoms with Gasteiger partial charge in [-0.05, 0) is 43.3 Å². The average Bonchev–Trinajstić information content (AvgIpc) is 2.99. The summed E-state index contributed by atoms with van der Waals surface area (Å²) in [5.41, 5.74) is 2.59. The van der Waals surface area contributed by atoms with Crippen molar-refractivity contribution in [3.05, 3.63) is 80.9 Å². The molecule has 126 valence electrons. The highest BCUT2D eigenvalue weighted by Gasteiger charge is 2.14. The van der Waals surface area contributed by atoms with Crippen LogP contribution in [0.5, 0.6) is 0 Å². The molecule has 0 radical (unpaired) electrons. The lowest BCUT2D eigenvalue weighted by Crippen LogP contribution is -1.95. The van der Waals surface area contributed by atoms with Gasteiger partial charge in [0.2, 0.25) is 0 Å². The van der Waals surface area contributed by atoms with E-state index in [0.29, 0.717) is 9.90 Å². The number of nitrogens with one attached hydrogen (secondary N) is 1. The lowest BCUT2D eigenvalue weighted by atomic mass is 10.2. The van der Waals surface area contributed by atoms with Crippen molar-refractivity contribution in [3.8, 4) is 10.6 Å². The molecule has 6 heteroatoms. The minimum absolute atomic E-state index is 0.0696. The van der Waals surface area contributed by atoms with Gasteiger partial charge < -0.3 is 5.32 Å². The molecule has 0 atom stereocenters. The Morgan fingerprint density at radius 2 is 1.84 bits per heavy atom. The number of carbonyl (C=O) groups is 1. The topological polar surface area (TPSA) is 42.0 Å². The van der Waals surface area contributed by atoms with Crippen molar-refractivity contribution < 1.29 is 4.79 Å². The van der Waals surface area contributed by atoms with Crippen LogP contribution in [0.15, 0.2) is 65.3 Å². The maximum absolute atomic E-state index is 12.4. The zero-order valence-electron chi connectivity index (χ0n) is 13.3. The fourth-order valence-electron chi connectivity index (χ4n) is 2.18. The van der Waals surface area contributed by atoms with E-state index in [-0.39, 0.29) is 5.78 Å². The van der Waals surface area contributed by atoms with Gasteiger partial charge in [-0.25, -0.2) is 4.98 Å². The van der Waals surface area contributed by atoms with E-state index < -0.39 is 0 Å². The van der Waals surface area contributed by atoms with E-state index in [2.05, 4.69) is 26.2 Å². The van der Waals surface area contributed by atoms with E-state index in [1.807, 2.05) is 55.5 Å². The lowest BCUT2D eigenvalue weighted by molar-refractivity contribution is 0.104. The minimum atomic E-state index is -0.0696. The predicted octanol–water partition coefficient (Wildman–Crippen LogP) is 6.34. The van der Waals surface area contributed by atoms with Crippen LogP contribution >= 0.6 is 38.9 Å². The van der Waals surface area contributed by atoms with Gasteiger partial charge in [0.1, 0.15) is 5.01 Å². The molecule has 3 aromatic rings. The van der Waals surface area contributed by atoms with Crippen molar-refractivity contribution in [1.82, 2.24) is 4.98 Å². The predicted molar refractivity (Wildman–Crippen MR) is 109 cm³/mol. The SMILES string of the molecule is Cc1nc(-c2ccc(Cl)cc2)sc1C(=O)/C=C/Nc1ccc(Br)cc1. The minimum Gasteiger partial charge on any atom is -0.362 e. The Labute approximate surface area is 163 Å². The first-order valence-electron chi connectivity index (χ1n) is 7.49. The van der Waals surface area contributed by atoms with Crippen LogP contribution in [0.2, 0.25) is 5.02 Å². The van der Waals surface area contributed by atoms with Crippen molar-refractivity contribution in [1.29, 1.82) is 0 Å². The highest BCUT2D eigenvalue weighted by atomic mass is 79.9. The van der Waals surface area contributed by atoms with Crippen molar-refractivity contribution in [2.24, 2.45) is 0 Å². The summed E-state index contributed by atoms with van der Waals surface area (Å²) >= 11 is 10.7. The highest BCUT2D eigenvalue weighted by molar-refractivity contribution is 9.10. The summed E-state index contributed by atoms with van der Waals surface area (Å²) in [5.74, 6) is -0.0696. The molecule has 0 aliphatic rings. The van der Waals surface area contributed by atoms with Crippen molar-refractivity contribution in [3.63, 3.8) is 0 Å². The molecule has 3 rings (SSSR count). The monoisotopic (exact) mass is 432 g/mol. The molecule has 3 nitrogen and oxygen atoms in total. The van der Waals surface area contributed by atoms with Gasteiger partial charge in [-0.3, -0.25) is 4.79 Å². The Hall–Kier alpha value is -1.95. The number of aryl methyl sites for hydroxylation is 1. The summed E-state index contributed by atoms with van der Waals surface area (Å²) in [6, 6.07) is 15.2. The maximum Gasteiger partial charge on any atom is 0.199 e. The van der Waals surface area contributed by atoms with Crippen LogP contribution in [-0.2, 0) is 0 Å². The Bertz CT molecular complexity index is 918. The van der Waals surface area contributed by atoms with Crippen molar-refractivity contribution >= 4 is 50.3 Å². The first-order chi connectivity index (χ1) is 12.0. The Morgan fingerprint density at radius 1 is 1.16 bits per heavy atom. The molecule has 0 aliphatic heterocycles. The molecule has 0 unspecified atom stereocenters. The number of thiazole rings is 1. The summed E-state index contributed by atoms with van der Waals surface area (Å²) in [4.78, 5) is 17.6. The lowest BCUT2D eigenvalue weighted by Gasteiger charge is -1.99. The number of hydrogen-bond donors (Lipinski definition) is 1. The van der Waals surface area contributed by atoms with Gasteiger partial charge >= 0.3 is 0 Å². The second-order valence-electron chi connectivity index (χ2n) is 5.29. The Balaban J connectivity index is 1.72. The van der Waals surface area contributed by atoms with Gasteiger partial charge in [0.15, 0.2) is 5.78 Å². The number of aromatic nitrogens is 1. The number of benzene rings is 2. The first kappa shape index (κ1) is 17.9. The summed E-state index contributed by atoms with van der Waals surface area (Å²) in [6.45, 7) is 1.85. The Morgan fingerprint density at radius 3 is 2.52 bits per heavy atom. The summed E-state index contributed by atoms with van der Waals surface area (Å²) in [5, 5.41) is 4.57. The molecule has 0 spiro atoms. The summed E-state index contributed by atoms with van der Waals surface area (Å²) < 4.78 is 1.01. The number of allylic oxidation sites excluding steroid dienone is 1. The third-order valence-electron chi connectivity index (χ3n) is 3.44. The van der Waals surface area contributed by atoms with E-state index in [9.17, 15) is 4.79 Å². The third kappa shape index (κ3) is 4.57. The van der Waals surface area contributed by atoms with Gasteiger partial charge in [-0.15, -0.1) is 11.3 Å². The molecule has 0 saturated heterocycles. The van der Waals surface area contributed by atoms with Gasteiger partial charge in [0.25, 0.3) is 0 Å². The molecule has 0 amide bonds. The number of carbonyl (C=O) groups excluding carboxylic acids is 1. The second-order valence-corrected chi connectivity index (χ2v) is 7.64. The van der Waals surface area contributed by atoms with Crippen LogP contribution in [0, 0.1) is 6.92 Å². The fraction of sp³-hybridized carbons (Fsp3) is 0.0526. The van der Waals surface area contributed by atoms with Crippen LogP contribution in [0.25, 0.3) is 10.6 Å². The molecular weight excluding hydrogens is 420 g/mol. The number of nitrogens with zero attached hydrogens (tertiary/aromatic N) is 1. The van der Waals surface area contributed by atoms with Crippen molar-refractivity contribution in [2.75, 3.05) is 5.32 Å². The van der Waals surface area contributed by atoms with Crippen LogP contribution in [-0.4, -0.2) is 10.8 Å². The summed E-state index contributed by atoms with van der Waals surface area (Å²) in [7, 11) is 0. The van der Waals surface area contributed by atoms with Gasteiger partial charge in [0.05, 0.1) is 10.6 Å². The number of rotatable bonds is 5. The van der Waals surface area contributed by atoms with E-state index in [1.165, 1.54) is 17.4 Å². The first-order valence-corrected chi connectivity index (χ1v) is 9.48. The molecular formula is C19H14BrClN2OS. The van der Waals surface area contributed by atoms with E-state index in [1.54, 1.807) is 6.20 Å². The van der Waals surface area contributed by atoms with Gasteiger partial charge in [-0.1, -0.05) is 39.7 Å². The molecule has 1 aromatic heterocycles. The van der Waals surface area contributed by atoms with Crippen LogP contribution in [0.3, 0.4) is 0 Å². The molecule has 1 N–H and O–H groups in total. The second kappa shape index (κ2) is 7.95. The third-order valence-corrected chi connectivity index (χ3v) is 5.44. The zero-order valence-corrected chi connectivity index (χ0v) is 16.5. The number of anilines is 1. The molecule has 0 aliphatic carbocycles. The van der Waals surface area contributed by atoms with E-state index in [4.69, 9.17) is 11.6 Å². The van der Waals surface area contributed by atoms with Crippen LogP contribution < -0.4 is 5.32 Å². The number of halogens is 2. The standard InChI is InChI=1S/C19H14BrClN2OS/c1-12-18(25-19(23-12)13-2-6-15(21)7-3-13)17(24)10-11-22-16-8-4-14(20)5-9-16/h2-11,22H,1H3/b11-10+. The average molecular weight is 434 g/mol. The fourth-order valence-corrected chi connectivity index (χ4v) is 3.56. The molecule has 2 aromatic carbocycles. The van der Waals surface area contributed by atoms with Gasteiger partial charge in [-0.2, -0.15) is 0 Å². The van der Waals surface area contributed by atoms with E-state index >= 15 is 0 Å². The van der Waals surface area contributed by atoms with Crippen LogP contribution in [0.1, 0.15) is 15.4 Å². The molecule has 0 fully saturated rings. The quantitative estimate of drug-likeness (QED) is 0.377. The largest absolute Gasteiger partial charge is 0.362 e. The number of ketones is 1. The molecule has 25 heavy (non-hydrogen) atoms. The van der Waals surface area contributed by atoms with E-state index in [0.717, 1.165) is 26.4 Å². The molecule has 0 saturated carbocycles.